The van der Waals surface area contributed by atoms with Crippen molar-refractivity contribution in [3.63, 3.8) is 0 Å². The van der Waals surface area contributed by atoms with Crippen LogP contribution in [0.25, 0.3) is 0 Å². The summed E-state index contributed by atoms with van der Waals surface area (Å²) in [5.74, 6) is -0.778. The second-order valence-electron chi connectivity index (χ2n) is 7.91. The number of rotatable bonds is 3. The molecule has 1 aromatic rings. The van der Waals surface area contributed by atoms with E-state index < -0.39 is 0 Å². The van der Waals surface area contributed by atoms with Crippen molar-refractivity contribution in [3.05, 3.63) is 34.9 Å². The van der Waals surface area contributed by atoms with Gasteiger partial charge in [-0.3, -0.25) is 19.3 Å². The van der Waals surface area contributed by atoms with Gasteiger partial charge in [0.2, 0.25) is 0 Å². The molecule has 3 amide bonds. The molecule has 1 fully saturated rings. The predicted molar refractivity (Wildman–Crippen MR) is 91.0 cm³/mol. The van der Waals surface area contributed by atoms with Gasteiger partial charge in [0.05, 0.1) is 11.1 Å². The third kappa shape index (κ3) is 2.83. The van der Waals surface area contributed by atoms with Crippen LogP contribution < -0.4 is 5.32 Å². The van der Waals surface area contributed by atoms with E-state index in [1.165, 1.54) is 4.90 Å². The summed E-state index contributed by atoms with van der Waals surface area (Å²) in [6.45, 7) is 8.02. The first-order valence-electron chi connectivity index (χ1n) is 8.52. The Balaban J connectivity index is 1.79. The SMILES string of the molecule is CC(C)N1C(=O)c2ccc(C(=O)NC3CCC(C)(C)C3)cc2C1=O. The molecular weight excluding hydrogens is 304 g/mol. The number of carbonyl (C=O) groups excluding carboxylic acids is 3. The van der Waals surface area contributed by atoms with Gasteiger partial charge in [-0.05, 0) is 56.7 Å². The van der Waals surface area contributed by atoms with Gasteiger partial charge in [0.15, 0.2) is 0 Å². The van der Waals surface area contributed by atoms with Crippen molar-refractivity contribution in [2.24, 2.45) is 5.41 Å². The van der Waals surface area contributed by atoms with Gasteiger partial charge in [-0.1, -0.05) is 13.8 Å². The van der Waals surface area contributed by atoms with E-state index in [-0.39, 0.29) is 35.2 Å². The summed E-state index contributed by atoms with van der Waals surface area (Å²) in [5.41, 5.74) is 1.40. The van der Waals surface area contributed by atoms with E-state index in [2.05, 4.69) is 19.2 Å². The molecule has 0 spiro atoms. The second kappa shape index (κ2) is 5.72. The zero-order valence-electron chi connectivity index (χ0n) is 14.7. The lowest BCUT2D eigenvalue weighted by Crippen LogP contribution is -2.36. The Morgan fingerprint density at radius 3 is 2.46 bits per heavy atom. The molecule has 1 atom stereocenters. The molecule has 1 N–H and O–H groups in total. The minimum Gasteiger partial charge on any atom is -0.349 e. The van der Waals surface area contributed by atoms with E-state index in [9.17, 15) is 14.4 Å². The van der Waals surface area contributed by atoms with Gasteiger partial charge in [-0.15, -0.1) is 0 Å². The molecule has 1 heterocycles. The van der Waals surface area contributed by atoms with Crippen molar-refractivity contribution >= 4 is 17.7 Å². The Hall–Kier alpha value is -2.17. The zero-order chi connectivity index (χ0) is 17.6. The lowest BCUT2D eigenvalue weighted by Gasteiger charge is -2.18. The average molecular weight is 328 g/mol. The van der Waals surface area contributed by atoms with Crippen LogP contribution in [0.3, 0.4) is 0 Å². The van der Waals surface area contributed by atoms with Gasteiger partial charge in [0, 0.05) is 17.6 Å². The van der Waals surface area contributed by atoms with Crippen LogP contribution in [0, 0.1) is 5.41 Å². The Kier molecular flexibility index (Phi) is 3.98. The molecule has 128 valence electrons. The molecule has 1 aliphatic carbocycles. The maximum absolute atomic E-state index is 12.5. The molecule has 5 heteroatoms. The number of imide groups is 1. The fraction of sp³-hybridized carbons (Fsp3) is 0.526. The smallest absolute Gasteiger partial charge is 0.261 e. The lowest BCUT2D eigenvalue weighted by molar-refractivity contribution is 0.0609. The van der Waals surface area contributed by atoms with Crippen molar-refractivity contribution in [2.75, 3.05) is 0 Å². The molecule has 0 radical (unpaired) electrons. The summed E-state index contributed by atoms with van der Waals surface area (Å²) in [7, 11) is 0. The van der Waals surface area contributed by atoms with Crippen LogP contribution in [-0.4, -0.2) is 34.7 Å². The Bertz CT molecular complexity index is 721. The van der Waals surface area contributed by atoms with Crippen LogP contribution in [0.4, 0.5) is 0 Å². The zero-order valence-corrected chi connectivity index (χ0v) is 14.7. The van der Waals surface area contributed by atoms with Gasteiger partial charge in [-0.2, -0.15) is 0 Å². The molecule has 1 unspecified atom stereocenters. The number of fused-ring (bicyclic) bond motifs is 1. The van der Waals surface area contributed by atoms with Crippen molar-refractivity contribution in [3.8, 4) is 0 Å². The first-order chi connectivity index (χ1) is 11.2. The van der Waals surface area contributed by atoms with Gasteiger partial charge in [0.25, 0.3) is 17.7 Å². The highest BCUT2D eigenvalue weighted by Gasteiger charge is 2.38. The largest absolute Gasteiger partial charge is 0.349 e. The molecule has 1 aromatic carbocycles. The van der Waals surface area contributed by atoms with Crippen LogP contribution in [-0.2, 0) is 0 Å². The molecule has 1 saturated carbocycles. The molecule has 2 aliphatic rings. The minimum atomic E-state index is -0.318. The number of hydrogen-bond acceptors (Lipinski definition) is 3. The van der Waals surface area contributed by atoms with E-state index in [1.807, 2.05) is 0 Å². The maximum Gasteiger partial charge on any atom is 0.261 e. The summed E-state index contributed by atoms with van der Waals surface area (Å²) in [6, 6.07) is 4.74. The molecule has 3 rings (SSSR count). The monoisotopic (exact) mass is 328 g/mol. The lowest BCUT2D eigenvalue weighted by atomic mass is 9.92. The minimum absolute atomic E-state index is 0.172. The first kappa shape index (κ1) is 16.7. The van der Waals surface area contributed by atoms with Crippen LogP contribution in [0.5, 0.6) is 0 Å². The van der Waals surface area contributed by atoms with Crippen molar-refractivity contribution in [1.82, 2.24) is 10.2 Å². The number of benzene rings is 1. The van der Waals surface area contributed by atoms with Crippen LogP contribution in [0.1, 0.15) is 78.0 Å². The van der Waals surface area contributed by atoms with E-state index in [0.717, 1.165) is 19.3 Å². The number of nitrogens with one attached hydrogen (secondary N) is 1. The van der Waals surface area contributed by atoms with Crippen LogP contribution in [0.2, 0.25) is 0 Å². The fourth-order valence-corrected chi connectivity index (χ4v) is 3.70. The average Bonchev–Trinajstić information content (AvgIpc) is 2.96. The van der Waals surface area contributed by atoms with E-state index >= 15 is 0 Å². The second-order valence-corrected chi connectivity index (χ2v) is 7.91. The Morgan fingerprint density at radius 2 is 1.88 bits per heavy atom. The standard InChI is InChI=1S/C19H24N2O3/c1-11(2)21-17(23)14-6-5-12(9-15(14)18(21)24)16(22)20-13-7-8-19(3,4)10-13/h5-6,9,11,13H,7-8,10H2,1-4H3,(H,20,22). The van der Waals surface area contributed by atoms with Gasteiger partial charge in [-0.25, -0.2) is 0 Å². The van der Waals surface area contributed by atoms with Crippen LogP contribution >= 0.6 is 0 Å². The Morgan fingerprint density at radius 1 is 1.21 bits per heavy atom. The molecule has 0 bridgehead atoms. The van der Waals surface area contributed by atoms with E-state index in [0.29, 0.717) is 16.7 Å². The van der Waals surface area contributed by atoms with Gasteiger partial charge < -0.3 is 5.32 Å². The highest BCUT2D eigenvalue weighted by molar-refractivity contribution is 6.22. The highest BCUT2D eigenvalue weighted by atomic mass is 16.2. The summed E-state index contributed by atoms with van der Waals surface area (Å²) in [4.78, 5) is 38.4. The summed E-state index contributed by atoms with van der Waals surface area (Å²) in [5, 5.41) is 3.05. The van der Waals surface area contributed by atoms with E-state index in [1.54, 1.807) is 32.0 Å². The molecule has 0 aromatic heterocycles. The first-order valence-corrected chi connectivity index (χ1v) is 8.52. The molecular formula is C19H24N2O3. The van der Waals surface area contributed by atoms with Gasteiger partial charge in [0.1, 0.15) is 0 Å². The molecule has 24 heavy (non-hydrogen) atoms. The van der Waals surface area contributed by atoms with Crippen LogP contribution in [0.15, 0.2) is 18.2 Å². The third-order valence-corrected chi connectivity index (χ3v) is 5.00. The van der Waals surface area contributed by atoms with Crippen molar-refractivity contribution < 1.29 is 14.4 Å². The van der Waals surface area contributed by atoms with E-state index in [4.69, 9.17) is 0 Å². The number of amides is 3. The highest BCUT2D eigenvalue weighted by Crippen LogP contribution is 2.37. The summed E-state index contributed by atoms with van der Waals surface area (Å²) < 4.78 is 0. The summed E-state index contributed by atoms with van der Waals surface area (Å²) >= 11 is 0. The van der Waals surface area contributed by atoms with Crippen molar-refractivity contribution in [2.45, 2.75) is 59.0 Å². The number of hydrogen-bond donors (Lipinski definition) is 1. The Labute approximate surface area is 142 Å². The molecule has 5 nitrogen and oxygen atoms in total. The molecule has 0 saturated heterocycles. The predicted octanol–water partition coefficient (Wildman–Crippen LogP) is 3.00. The fourth-order valence-electron chi connectivity index (χ4n) is 3.70. The number of nitrogens with zero attached hydrogens (tertiary/aromatic N) is 1. The third-order valence-electron chi connectivity index (χ3n) is 5.00. The summed E-state index contributed by atoms with van der Waals surface area (Å²) in [6.07, 6.45) is 3.03. The van der Waals surface area contributed by atoms with Gasteiger partial charge >= 0.3 is 0 Å². The topological polar surface area (TPSA) is 66.5 Å². The quantitative estimate of drug-likeness (QED) is 0.867. The molecule has 1 aliphatic heterocycles. The normalized spacial score (nSPS) is 22.2. The maximum atomic E-state index is 12.5. The van der Waals surface area contributed by atoms with Crippen molar-refractivity contribution in [1.29, 1.82) is 0 Å². The number of carbonyl (C=O) groups is 3.